The van der Waals surface area contributed by atoms with Gasteiger partial charge < -0.3 is 15.7 Å². The average molecular weight is 223 g/mol. The lowest BCUT2D eigenvalue weighted by molar-refractivity contribution is 0.122. The summed E-state index contributed by atoms with van der Waals surface area (Å²) in [5, 5.41) is 8.71. The fraction of sp³-hybridized carbons (Fsp3) is 0.889. The number of nitrogens with zero attached hydrogens (tertiary/aromatic N) is 1. The van der Waals surface area contributed by atoms with Crippen LogP contribution in [0.25, 0.3) is 0 Å². The summed E-state index contributed by atoms with van der Waals surface area (Å²) in [5.41, 5.74) is 5.69. The first-order chi connectivity index (χ1) is 6.09. The number of likely N-dealkylation sites (tertiary alicyclic amines) is 1. The van der Waals surface area contributed by atoms with Gasteiger partial charge in [0.25, 0.3) is 0 Å². The van der Waals surface area contributed by atoms with Gasteiger partial charge in [0.15, 0.2) is 0 Å². The third-order valence-corrected chi connectivity index (χ3v) is 2.59. The maximum atomic E-state index is 10.6. The fourth-order valence-electron chi connectivity index (χ4n) is 1.89. The van der Waals surface area contributed by atoms with E-state index in [0.717, 1.165) is 19.3 Å². The second kappa shape index (κ2) is 6.09. The summed E-state index contributed by atoms with van der Waals surface area (Å²) in [5.74, 6) is 0.621. The van der Waals surface area contributed by atoms with Gasteiger partial charge in [-0.05, 0) is 32.1 Å². The molecule has 1 aliphatic heterocycles. The molecular formula is C9H19ClN2O2. The first-order valence-corrected chi connectivity index (χ1v) is 4.83. The van der Waals surface area contributed by atoms with Crippen molar-refractivity contribution in [1.29, 1.82) is 0 Å². The molecule has 4 nitrogen and oxygen atoms in total. The predicted molar refractivity (Wildman–Crippen MR) is 57.8 cm³/mol. The molecule has 0 radical (unpaired) electrons. The highest BCUT2D eigenvalue weighted by atomic mass is 35.5. The molecule has 5 heteroatoms. The van der Waals surface area contributed by atoms with Gasteiger partial charge in [-0.3, -0.25) is 0 Å². The Bertz CT molecular complexity index is 180. The van der Waals surface area contributed by atoms with Crippen LogP contribution in [0, 0.1) is 5.92 Å². The lowest BCUT2D eigenvalue weighted by Gasteiger charge is -2.30. The van der Waals surface area contributed by atoms with Gasteiger partial charge in [0, 0.05) is 19.1 Å². The molecule has 1 aliphatic rings. The topological polar surface area (TPSA) is 66.6 Å². The Morgan fingerprint density at radius 2 is 2.07 bits per heavy atom. The molecule has 0 aromatic carbocycles. The second-order valence-corrected chi connectivity index (χ2v) is 3.93. The van der Waals surface area contributed by atoms with Gasteiger partial charge in [-0.15, -0.1) is 12.4 Å². The molecule has 0 unspecified atom stereocenters. The van der Waals surface area contributed by atoms with Crippen LogP contribution in [0.3, 0.4) is 0 Å². The Balaban J connectivity index is 0.00000169. The van der Waals surface area contributed by atoms with E-state index in [1.165, 1.54) is 4.90 Å². The highest BCUT2D eigenvalue weighted by Gasteiger charge is 2.22. The molecule has 1 saturated heterocycles. The molecule has 1 fully saturated rings. The van der Waals surface area contributed by atoms with E-state index in [1.54, 1.807) is 0 Å². The van der Waals surface area contributed by atoms with Crippen molar-refractivity contribution in [3.05, 3.63) is 0 Å². The van der Waals surface area contributed by atoms with Gasteiger partial charge >= 0.3 is 6.09 Å². The van der Waals surface area contributed by atoms with Crippen molar-refractivity contribution in [2.75, 3.05) is 13.1 Å². The molecule has 1 heterocycles. The van der Waals surface area contributed by atoms with E-state index in [0.29, 0.717) is 19.0 Å². The lowest BCUT2D eigenvalue weighted by Crippen LogP contribution is -2.38. The average Bonchev–Trinajstić information content (AvgIpc) is 2.04. The fourth-order valence-corrected chi connectivity index (χ4v) is 1.89. The van der Waals surface area contributed by atoms with Crippen LogP contribution in [0.2, 0.25) is 0 Å². The number of carboxylic acid groups (broad SMARTS) is 1. The van der Waals surface area contributed by atoms with E-state index < -0.39 is 6.09 Å². The van der Waals surface area contributed by atoms with Crippen LogP contribution in [0.15, 0.2) is 0 Å². The first-order valence-electron chi connectivity index (χ1n) is 4.83. The van der Waals surface area contributed by atoms with E-state index in [9.17, 15) is 4.79 Å². The van der Waals surface area contributed by atoms with Gasteiger partial charge in [0.05, 0.1) is 0 Å². The van der Waals surface area contributed by atoms with Crippen molar-refractivity contribution in [2.45, 2.75) is 32.2 Å². The van der Waals surface area contributed by atoms with E-state index in [4.69, 9.17) is 10.8 Å². The number of piperidine rings is 1. The highest BCUT2D eigenvalue weighted by Crippen LogP contribution is 2.21. The molecule has 14 heavy (non-hydrogen) atoms. The largest absolute Gasteiger partial charge is 0.465 e. The molecular weight excluding hydrogens is 204 g/mol. The molecule has 0 aromatic rings. The Morgan fingerprint density at radius 1 is 1.57 bits per heavy atom. The zero-order chi connectivity index (χ0) is 9.84. The summed E-state index contributed by atoms with van der Waals surface area (Å²) in [6.45, 7) is 3.35. The van der Waals surface area contributed by atoms with Crippen LogP contribution in [0.4, 0.5) is 4.79 Å². The summed E-state index contributed by atoms with van der Waals surface area (Å²) in [7, 11) is 0. The Labute approximate surface area is 90.9 Å². The molecule has 0 aliphatic carbocycles. The standard InChI is InChI=1S/C9H18N2O2.ClH/c1-7(10)6-8-2-4-11(5-3-8)9(12)13;/h7-8H,2-6,10H2,1H3,(H,12,13);1H/t7-;/m1./s1. The summed E-state index contributed by atoms with van der Waals surface area (Å²) in [6, 6.07) is 0.237. The van der Waals surface area contributed by atoms with Gasteiger partial charge in [0.1, 0.15) is 0 Å². The van der Waals surface area contributed by atoms with Crippen LogP contribution >= 0.6 is 12.4 Å². The molecule has 1 atom stereocenters. The smallest absolute Gasteiger partial charge is 0.407 e. The number of hydrogen-bond acceptors (Lipinski definition) is 2. The molecule has 0 spiro atoms. The van der Waals surface area contributed by atoms with Crippen LogP contribution in [0.1, 0.15) is 26.2 Å². The molecule has 0 aromatic heterocycles. The minimum atomic E-state index is -0.792. The zero-order valence-electron chi connectivity index (χ0n) is 8.48. The van der Waals surface area contributed by atoms with Crippen molar-refractivity contribution in [2.24, 2.45) is 11.7 Å². The SMILES string of the molecule is C[C@@H](N)CC1CCN(C(=O)O)CC1.Cl. The Kier molecular flexibility index (Phi) is 5.88. The van der Waals surface area contributed by atoms with E-state index in [2.05, 4.69) is 0 Å². The van der Waals surface area contributed by atoms with Crippen LogP contribution in [0.5, 0.6) is 0 Å². The summed E-state index contributed by atoms with van der Waals surface area (Å²) in [4.78, 5) is 12.1. The minimum absolute atomic E-state index is 0. The number of amides is 1. The summed E-state index contributed by atoms with van der Waals surface area (Å²) < 4.78 is 0. The van der Waals surface area contributed by atoms with E-state index in [1.807, 2.05) is 6.92 Å². The summed E-state index contributed by atoms with van der Waals surface area (Å²) in [6.07, 6.45) is 2.16. The third kappa shape index (κ3) is 4.15. The number of hydrogen-bond donors (Lipinski definition) is 2. The first kappa shape index (κ1) is 13.5. The van der Waals surface area contributed by atoms with E-state index in [-0.39, 0.29) is 18.4 Å². The number of carbonyl (C=O) groups is 1. The van der Waals surface area contributed by atoms with Crippen LogP contribution < -0.4 is 5.73 Å². The maximum Gasteiger partial charge on any atom is 0.407 e. The second-order valence-electron chi connectivity index (χ2n) is 3.93. The lowest BCUT2D eigenvalue weighted by atomic mass is 9.91. The molecule has 3 N–H and O–H groups in total. The van der Waals surface area contributed by atoms with Crippen molar-refractivity contribution in [3.63, 3.8) is 0 Å². The third-order valence-electron chi connectivity index (χ3n) is 2.59. The van der Waals surface area contributed by atoms with Crippen molar-refractivity contribution < 1.29 is 9.90 Å². The number of nitrogens with two attached hydrogens (primary N) is 1. The molecule has 0 saturated carbocycles. The van der Waals surface area contributed by atoms with Gasteiger partial charge in [-0.1, -0.05) is 0 Å². The summed E-state index contributed by atoms with van der Waals surface area (Å²) >= 11 is 0. The highest BCUT2D eigenvalue weighted by molar-refractivity contribution is 5.85. The molecule has 1 rings (SSSR count). The molecule has 1 amide bonds. The predicted octanol–water partition coefficient (Wildman–Crippen LogP) is 1.54. The van der Waals surface area contributed by atoms with Gasteiger partial charge in [-0.2, -0.15) is 0 Å². The van der Waals surface area contributed by atoms with Gasteiger partial charge in [-0.25, -0.2) is 4.79 Å². The van der Waals surface area contributed by atoms with Crippen molar-refractivity contribution >= 4 is 18.5 Å². The number of halogens is 1. The number of rotatable bonds is 2. The zero-order valence-corrected chi connectivity index (χ0v) is 9.30. The monoisotopic (exact) mass is 222 g/mol. The van der Waals surface area contributed by atoms with Crippen LogP contribution in [-0.4, -0.2) is 35.2 Å². The van der Waals surface area contributed by atoms with Gasteiger partial charge in [0.2, 0.25) is 0 Å². The van der Waals surface area contributed by atoms with E-state index >= 15 is 0 Å². The normalized spacial score (nSPS) is 20.0. The molecule has 0 bridgehead atoms. The minimum Gasteiger partial charge on any atom is -0.465 e. The Hall–Kier alpha value is -0.480. The Morgan fingerprint density at radius 3 is 2.43 bits per heavy atom. The maximum absolute atomic E-state index is 10.6. The van der Waals surface area contributed by atoms with Crippen LogP contribution in [-0.2, 0) is 0 Å². The quantitative estimate of drug-likeness (QED) is 0.745. The molecule has 84 valence electrons. The van der Waals surface area contributed by atoms with Crippen molar-refractivity contribution in [3.8, 4) is 0 Å². The van der Waals surface area contributed by atoms with Crippen molar-refractivity contribution in [1.82, 2.24) is 4.90 Å².